The highest BCUT2D eigenvalue weighted by Gasteiger charge is 2.14. The van der Waals surface area contributed by atoms with Crippen molar-refractivity contribution < 1.29 is 9.84 Å². The highest BCUT2D eigenvalue weighted by molar-refractivity contribution is 9.10. The monoisotopic (exact) mass is 315 g/mol. The molecule has 1 rings (SSSR count). The lowest BCUT2D eigenvalue weighted by Gasteiger charge is -2.21. The summed E-state index contributed by atoms with van der Waals surface area (Å²) in [6, 6.07) is 5.71. The van der Waals surface area contributed by atoms with Gasteiger partial charge in [0.2, 0.25) is 0 Å². The molecule has 0 saturated heterocycles. The van der Waals surface area contributed by atoms with Gasteiger partial charge in [-0.05, 0) is 37.7 Å². The Morgan fingerprint density at radius 1 is 1.33 bits per heavy atom. The predicted molar refractivity (Wildman–Crippen MR) is 78.1 cm³/mol. The normalized spacial score (nSPS) is 12.8. The zero-order chi connectivity index (χ0) is 13.5. The lowest BCUT2D eigenvalue weighted by molar-refractivity contribution is 0.142. The summed E-state index contributed by atoms with van der Waals surface area (Å²) in [6.45, 7) is 7.19. The van der Waals surface area contributed by atoms with Crippen LogP contribution in [-0.2, 0) is 0 Å². The highest BCUT2D eigenvalue weighted by Crippen LogP contribution is 2.30. The first kappa shape index (κ1) is 15.5. The van der Waals surface area contributed by atoms with E-state index in [1.807, 2.05) is 18.2 Å². The van der Waals surface area contributed by atoms with Crippen molar-refractivity contribution in [1.29, 1.82) is 0 Å². The number of halogens is 1. The summed E-state index contributed by atoms with van der Waals surface area (Å²) >= 11 is 3.42. The Bertz CT molecular complexity index is 367. The van der Waals surface area contributed by atoms with Gasteiger partial charge in [0.25, 0.3) is 0 Å². The molecule has 3 nitrogen and oxygen atoms in total. The zero-order valence-corrected chi connectivity index (χ0v) is 12.9. The van der Waals surface area contributed by atoms with Crippen LogP contribution in [0.25, 0.3) is 0 Å². The van der Waals surface area contributed by atoms with Crippen LogP contribution in [0.5, 0.6) is 5.75 Å². The fraction of sp³-hybridized carbons (Fsp3) is 0.571. The van der Waals surface area contributed by atoms with Gasteiger partial charge in [0, 0.05) is 16.6 Å². The molecule has 1 atom stereocenters. The maximum Gasteiger partial charge on any atom is 0.124 e. The second-order valence-corrected chi connectivity index (χ2v) is 5.13. The summed E-state index contributed by atoms with van der Waals surface area (Å²) in [5.41, 5.74) is 0.846. The Hall–Kier alpha value is -0.580. The van der Waals surface area contributed by atoms with Gasteiger partial charge in [-0.25, -0.2) is 0 Å². The van der Waals surface area contributed by atoms with Gasteiger partial charge in [-0.3, -0.25) is 0 Å². The summed E-state index contributed by atoms with van der Waals surface area (Å²) in [5.74, 6) is 0.741. The molecule has 0 aliphatic rings. The first-order chi connectivity index (χ1) is 8.62. The van der Waals surface area contributed by atoms with E-state index in [2.05, 4.69) is 34.7 Å². The zero-order valence-electron chi connectivity index (χ0n) is 11.3. The van der Waals surface area contributed by atoms with Gasteiger partial charge in [0.05, 0.1) is 13.2 Å². The largest absolute Gasteiger partial charge is 0.496 e. The summed E-state index contributed by atoms with van der Waals surface area (Å²) in [4.78, 5) is 2.30. The van der Waals surface area contributed by atoms with E-state index >= 15 is 0 Å². The minimum absolute atomic E-state index is 0.488. The topological polar surface area (TPSA) is 32.7 Å². The van der Waals surface area contributed by atoms with Crippen LogP contribution in [-0.4, -0.2) is 36.8 Å². The standard InChI is InChI=1S/C14H22BrNO2/c1-4-16(5-2)9-8-13(17)12-10-11(15)6-7-14(12)18-3/h6-7,10,13,17H,4-5,8-9H2,1-3H3. The van der Waals surface area contributed by atoms with Crippen molar-refractivity contribution >= 4 is 15.9 Å². The molecule has 1 aromatic carbocycles. The molecular weight excluding hydrogens is 294 g/mol. The van der Waals surface area contributed by atoms with Gasteiger partial charge in [-0.1, -0.05) is 29.8 Å². The Labute approximate surface area is 118 Å². The molecule has 0 amide bonds. The average Bonchev–Trinajstić information content (AvgIpc) is 2.39. The molecule has 1 N–H and O–H groups in total. The van der Waals surface area contributed by atoms with Crippen LogP contribution >= 0.6 is 15.9 Å². The number of hydrogen-bond donors (Lipinski definition) is 1. The third kappa shape index (κ3) is 4.26. The third-order valence-corrected chi connectivity index (χ3v) is 3.66. The van der Waals surface area contributed by atoms with E-state index < -0.39 is 6.10 Å². The minimum Gasteiger partial charge on any atom is -0.496 e. The first-order valence-corrected chi connectivity index (χ1v) is 7.15. The Kier molecular flexibility index (Phi) is 6.68. The third-order valence-electron chi connectivity index (χ3n) is 3.16. The smallest absolute Gasteiger partial charge is 0.124 e. The molecule has 0 radical (unpaired) electrons. The van der Waals surface area contributed by atoms with E-state index in [1.165, 1.54) is 0 Å². The van der Waals surface area contributed by atoms with Crippen molar-refractivity contribution in [3.8, 4) is 5.75 Å². The van der Waals surface area contributed by atoms with Gasteiger partial charge in [-0.15, -0.1) is 0 Å². The molecular formula is C14H22BrNO2. The van der Waals surface area contributed by atoms with Crippen LogP contribution in [0, 0.1) is 0 Å². The Balaban J connectivity index is 2.71. The number of rotatable bonds is 7. The lowest BCUT2D eigenvalue weighted by atomic mass is 10.1. The van der Waals surface area contributed by atoms with E-state index in [1.54, 1.807) is 7.11 Å². The van der Waals surface area contributed by atoms with Crippen LogP contribution < -0.4 is 4.74 Å². The molecule has 1 aromatic rings. The van der Waals surface area contributed by atoms with Crippen molar-refractivity contribution in [1.82, 2.24) is 4.90 Å². The fourth-order valence-corrected chi connectivity index (χ4v) is 2.34. The second-order valence-electron chi connectivity index (χ2n) is 4.22. The molecule has 0 bridgehead atoms. The average molecular weight is 316 g/mol. The molecule has 0 aromatic heterocycles. The Morgan fingerprint density at radius 3 is 2.56 bits per heavy atom. The van der Waals surface area contributed by atoms with E-state index in [9.17, 15) is 5.11 Å². The number of benzene rings is 1. The van der Waals surface area contributed by atoms with E-state index in [0.29, 0.717) is 6.42 Å². The SMILES string of the molecule is CCN(CC)CCC(O)c1cc(Br)ccc1OC. The summed E-state index contributed by atoms with van der Waals surface area (Å²) in [7, 11) is 1.63. The van der Waals surface area contributed by atoms with Gasteiger partial charge in [0.1, 0.15) is 5.75 Å². The molecule has 0 aliphatic carbocycles. The maximum absolute atomic E-state index is 10.3. The number of nitrogens with zero attached hydrogens (tertiary/aromatic N) is 1. The van der Waals surface area contributed by atoms with Gasteiger partial charge < -0.3 is 14.7 Å². The van der Waals surface area contributed by atoms with Crippen LogP contribution in [0.3, 0.4) is 0 Å². The quantitative estimate of drug-likeness (QED) is 0.838. The van der Waals surface area contributed by atoms with E-state index in [0.717, 1.165) is 35.4 Å². The van der Waals surface area contributed by atoms with E-state index in [4.69, 9.17) is 4.74 Å². The maximum atomic E-state index is 10.3. The van der Waals surface area contributed by atoms with E-state index in [-0.39, 0.29) is 0 Å². The lowest BCUT2D eigenvalue weighted by Crippen LogP contribution is -2.25. The van der Waals surface area contributed by atoms with Crippen LogP contribution in [0.1, 0.15) is 31.9 Å². The number of aliphatic hydroxyl groups excluding tert-OH is 1. The molecule has 102 valence electrons. The number of ether oxygens (including phenoxy) is 1. The summed E-state index contributed by atoms with van der Waals surface area (Å²) in [5, 5.41) is 10.3. The van der Waals surface area contributed by atoms with Crippen molar-refractivity contribution in [3.05, 3.63) is 28.2 Å². The molecule has 1 unspecified atom stereocenters. The predicted octanol–water partition coefficient (Wildman–Crippen LogP) is 3.22. The van der Waals surface area contributed by atoms with Crippen LogP contribution in [0.2, 0.25) is 0 Å². The number of hydrogen-bond acceptors (Lipinski definition) is 3. The molecule has 0 fully saturated rings. The van der Waals surface area contributed by atoms with Crippen molar-refractivity contribution in [2.24, 2.45) is 0 Å². The fourth-order valence-electron chi connectivity index (χ4n) is 1.97. The molecule has 18 heavy (non-hydrogen) atoms. The van der Waals surface area contributed by atoms with Crippen LogP contribution in [0.4, 0.5) is 0 Å². The van der Waals surface area contributed by atoms with Gasteiger partial charge in [-0.2, -0.15) is 0 Å². The van der Waals surface area contributed by atoms with Crippen molar-refractivity contribution in [3.63, 3.8) is 0 Å². The molecule has 4 heteroatoms. The van der Waals surface area contributed by atoms with Crippen molar-refractivity contribution in [2.75, 3.05) is 26.7 Å². The number of methoxy groups -OCH3 is 1. The molecule has 0 saturated carbocycles. The summed E-state index contributed by atoms with van der Waals surface area (Å²) in [6.07, 6.45) is 0.229. The summed E-state index contributed by atoms with van der Waals surface area (Å²) < 4.78 is 6.25. The van der Waals surface area contributed by atoms with Gasteiger partial charge >= 0.3 is 0 Å². The van der Waals surface area contributed by atoms with Crippen molar-refractivity contribution in [2.45, 2.75) is 26.4 Å². The second kappa shape index (κ2) is 7.77. The van der Waals surface area contributed by atoms with Gasteiger partial charge in [0.15, 0.2) is 0 Å². The molecule has 0 aliphatic heterocycles. The molecule has 0 spiro atoms. The Morgan fingerprint density at radius 2 is 2.00 bits per heavy atom. The highest BCUT2D eigenvalue weighted by atomic mass is 79.9. The van der Waals surface area contributed by atoms with Crippen LogP contribution in [0.15, 0.2) is 22.7 Å². The first-order valence-electron chi connectivity index (χ1n) is 6.36. The molecule has 0 heterocycles. The number of aliphatic hydroxyl groups is 1. The minimum atomic E-state index is -0.488.